The van der Waals surface area contributed by atoms with Crippen molar-refractivity contribution < 1.29 is 4.52 Å². The van der Waals surface area contributed by atoms with Crippen LogP contribution in [-0.4, -0.2) is 37.9 Å². The molecule has 112 valence electrons. The van der Waals surface area contributed by atoms with E-state index in [2.05, 4.69) is 44.7 Å². The smallest absolute Gasteiger partial charge is 0.243 e. The molecule has 0 amide bonds. The minimum absolute atomic E-state index is 0.193. The highest BCUT2D eigenvalue weighted by atomic mass is 16.5. The van der Waals surface area contributed by atoms with Gasteiger partial charge in [-0.25, -0.2) is 0 Å². The van der Waals surface area contributed by atoms with Crippen molar-refractivity contribution >= 4 is 0 Å². The molecule has 0 radical (unpaired) electrons. The van der Waals surface area contributed by atoms with Crippen LogP contribution in [0.1, 0.15) is 60.9 Å². The van der Waals surface area contributed by atoms with Crippen LogP contribution in [0.5, 0.6) is 0 Å². The molecule has 4 rings (SSSR count). The Morgan fingerprint density at radius 3 is 2.67 bits per heavy atom. The molecular weight excluding hydrogens is 266 g/mol. The summed E-state index contributed by atoms with van der Waals surface area (Å²) in [6.07, 6.45) is 2.41. The van der Waals surface area contributed by atoms with E-state index in [4.69, 9.17) is 4.52 Å². The summed E-state index contributed by atoms with van der Waals surface area (Å²) >= 11 is 0. The van der Waals surface area contributed by atoms with Gasteiger partial charge in [-0.1, -0.05) is 5.16 Å². The summed E-state index contributed by atoms with van der Waals surface area (Å²) in [6, 6.07) is 2.79. The lowest BCUT2D eigenvalue weighted by atomic mass is 10.1. The molecule has 0 spiro atoms. The second kappa shape index (κ2) is 4.66. The number of aryl methyl sites for hydroxylation is 2. The van der Waals surface area contributed by atoms with Crippen LogP contribution in [0.25, 0.3) is 0 Å². The first-order valence-electron chi connectivity index (χ1n) is 7.72. The maximum Gasteiger partial charge on any atom is 0.243 e. The third-order valence-corrected chi connectivity index (χ3v) is 4.59. The lowest BCUT2D eigenvalue weighted by molar-refractivity contribution is 0.0445. The standard InChI is InChI=1S/C15H21N5O/c1-9-6-10(2)20(17-9)13-7-19(8-13)11(3)15-16-14(18-21-15)12-4-5-12/h6,11-13H,4-5,7-8H2,1-3H3/t11-/m1/s1. The Morgan fingerprint density at radius 1 is 1.29 bits per heavy atom. The van der Waals surface area contributed by atoms with Crippen molar-refractivity contribution in [2.45, 2.75) is 51.6 Å². The van der Waals surface area contributed by atoms with Crippen molar-refractivity contribution in [1.82, 2.24) is 24.8 Å². The van der Waals surface area contributed by atoms with Crippen molar-refractivity contribution in [3.05, 3.63) is 29.2 Å². The molecule has 2 fully saturated rings. The maximum atomic E-state index is 5.43. The molecule has 0 unspecified atom stereocenters. The molecule has 1 saturated heterocycles. The van der Waals surface area contributed by atoms with Crippen LogP contribution in [-0.2, 0) is 0 Å². The summed E-state index contributed by atoms with van der Waals surface area (Å²) in [5.74, 6) is 2.20. The Hall–Kier alpha value is -1.69. The van der Waals surface area contributed by atoms with E-state index in [-0.39, 0.29) is 6.04 Å². The molecule has 6 nitrogen and oxygen atoms in total. The molecule has 6 heteroatoms. The molecule has 2 aromatic rings. The van der Waals surface area contributed by atoms with E-state index in [9.17, 15) is 0 Å². The highest BCUT2D eigenvalue weighted by Crippen LogP contribution is 2.39. The Kier molecular flexibility index (Phi) is 2.89. The van der Waals surface area contributed by atoms with Gasteiger partial charge >= 0.3 is 0 Å². The topological polar surface area (TPSA) is 60.0 Å². The van der Waals surface area contributed by atoms with Gasteiger partial charge in [0.05, 0.1) is 17.8 Å². The van der Waals surface area contributed by atoms with Crippen LogP contribution in [0, 0.1) is 13.8 Å². The van der Waals surface area contributed by atoms with Gasteiger partial charge in [0.25, 0.3) is 0 Å². The second-order valence-corrected chi connectivity index (χ2v) is 6.42. The molecule has 0 aromatic carbocycles. The molecule has 0 N–H and O–H groups in total. The molecule has 1 aliphatic carbocycles. The fourth-order valence-corrected chi connectivity index (χ4v) is 3.06. The van der Waals surface area contributed by atoms with Crippen LogP contribution >= 0.6 is 0 Å². The van der Waals surface area contributed by atoms with Crippen LogP contribution in [0.15, 0.2) is 10.6 Å². The van der Waals surface area contributed by atoms with Crippen LogP contribution in [0.4, 0.5) is 0 Å². The summed E-state index contributed by atoms with van der Waals surface area (Å²) in [4.78, 5) is 6.92. The average molecular weight is 287 g/mol. The summed E-state index contributed by atoms with van der Waals surface area (Å²) in [7, 11) is 0. The minimum Gasteiger partial charge on any atom is -0.338 e. The largest absolute Gasteiger partial charge is 0.338 e. The lowest BCUT2D eigenvalue weighted by Crippen LogP contribution is -2.49. The van der Waals surface area contributed by atoms with E-state index in [1.807, 2.05) is 6.92 Å². The highest BCUT2D eigenvalue weighted by Gasteiger charge is 2.36. The van der Waals surface area contributed by atoms with Gasteiger partial charge in [-0.15, -0.1) is 0 Å². The van der Waals surface area contributed by atoms with Crippen LogP contribution in [0.3, 0.4) is 0 Å². The zero-order chi connectivity index (χ0) is 14.6. The van der Waals surface area contributed by atoms with Crippen molar-refractivity contribution in [1.29, 1.82) is 0 Å². The monoisotopic (exact) mass is 287 g/mol. The van der Waals surface area contributed by atoms with Crippen molar-refractivity contribution in [3.63, 3.8) is 0 Å². The zero-order valence-electron chi connectivity index (χ0n) is 12.8. The van der Waals surface area contributed by atoms with Gasteiger partial charge < -0.3 is 4.52 Å². The third kappa shape index (κ3) is 2.27. The van der Waals surface area contributed by atoms with E-state index >= 15 is 0 Å². The average Bonchev–Trinajstić information content (AvgIpc) is 3.03. The number of hydrogen-bond donors (Lipinski definition) is 0. The fraction of sp³-hybridized carbons (Fsp3) is 0.667. The van der Waals surface area contributed by atoms with Gasteiger partial charge in [0.15, 0.2) is 5.82 Å². The number of hydrogen-bond acceptors (Lipinski definition) is 5. The van der Waals surface area contributed by atoms with Gasteiger partial charge in [-0.05, 0) is 39.7 Å². The minimum atomic E-state index is 0.193. The van der Waals surface area contributed by atoms with E-state index in [1.54, 1.807) is 0 Å². The van der Waals surface area contributed by atoms with E-state index in [1.165, 1.54) is 18.5 Å². The molecule has 21 heavy (non-hydrogen) atoms. The normalized spacial score (nSPS) is 21.5. The first-order valence-corrected chi connectivity index (χ1v) is 7.72. The van der Waals surface area contributed by atoms with Gasteiger partial charge in [0.2, 0.25) is 5.89 Å². The van der Waals surface area contributed by atoms with Gasteiger partial charge in [0.1, 0.15) is 0 Å². The summed E-state index contributed by atoms with van der Waals surface area (Å²) in [5.41, 5.74) is 2.32. The molecule has 2 aromatic heterocycles. The van der Waals surface area contributed by atoms with Crippen LogP contribution < -0.4 is 0 Å². The molecule has 0 bridgehead atoms. The van der Waals surface area contributed by atoms with Gasteiger partial charge in [-0.2, -0.15) is 10.1 Å². The summed E-state index contributed by atoms with van der Waals surface area (Å²) in [5, 5.41) is 8.68. The van der Waals surface area contributed by atoms with Gasteiger partial charge in [0, 0.05) is 24.7 Å². The fourth-order valence-electron chi connectivity index (χ4n) is 3.06. The third-order valence-electron chi connectivity index (χ3n) is 4.59. The zero-order valence-corrected chi connectivity index (χ0v) is 12.8. The molecule has 1 saturated carbocycles. The first kappa shape index (κ1) is 13.0. The number of nitrogens with zero attached hydrogens (tertiary/aromatic N) is 5. The Balaban J connectivity index is 1.41. The van der Waals surface area contributed by atoms with E-state index < -0.39 is 0 Å². The molecule has 1 atom stereocenters. The maximum absolute atomic E-state index is 5.43. The lowest BCUT2D eigenvalue weighted by Gasteiger charge is -2.42. The molecule has 3 heterocycles. The predicted octanol–water partition coefficient (Wildman–Crippen LogP) is 2.38. The van der Waals surface area contributed by atoms with E-state index in [0.29, 0.717) is 12.0 Å². The van der Waals surface area contributed by atoms with Crippen molar-refractivity contribution in [2.24, 2.45) is 0 Å². The second-order valence-electron chi connectivity index (χ2n) is 6.42. The van der Waals surface area contributed by atoms with Crippen LogP contribution in [0.2, 0.25) is 0 Å². The SMILES string of the molecule is Cc1cc(C)n(C2CN([C@H](C)c3nc(C4CC4)no3)C2)n1. The molecular formula is C15H21N5O. The Morgan fingerprint density at radius 2 is 2.05 bits per heavy atom. The Labute approximate surface area is 124 Å². The number of aromatic nitrogens is 4. The highest BCUT2D eigenvalue weighted by molar-refractivity contribution is 5.10. The first-order chi connectivity index (χ1) is 10.1. The summed E-state index contributed by atoms with van der Waals surface area (Å²) < 4.78 is 7.57. The van der Waals surface area contributed by atoms with Crippen molar-refractivity contribution in [2.75, 3.05) is 13.1 Å². The van der Waals surface area contributed by atoms with E-state index in [0.717, 1.165) is 30.5 Å². The van der Waals surface area contributed by atoms with Gasteiger partial charge in [-0.3, -0.25) is 9.58 Å². The molecule has 1 aliphatic heterocycles. The Bertz CT molecular complexity index is 651. The molecule has 2 aliphatic rings. The van der Waals surface area contributed by atoms with Crippen molar-refractivity contribution in [3.8, 4) is 0 Å². The number of likely N-dealkylation sites (tertiary alicyclic amines) is 1. The summed E-state index contributed by atoms with van der Waals surface area (Å²) in [6.45, 7) is 8.28. The quantitative estimate of drug-likeness (QED) is 0.864. The number of rotatable bonds is 4. The predicted molar refractivity (Wildman–Crippen MR) is 77.0 cm³/mol.